The molecule has 0 rings (SSSR count). The molecule has 0 saturated carbocycles. The Hall–Kier alpha value is -0.0800. The van der Waals surface area contributed by atoms with Crippen molar-refractivity contribution in [3.8, 4) is 0 Å². The quantitative estimate of drug-likeness (QED) is 0.533. The van der Waals surface area contributed by atoms with Gasteiger partial charge in [0.15, 0.2) is 0 Å². The summed E-state index contributed by atoms with van der Waals surface area (Å²) in [7, 11) is 0. The minimum atomic E-state index is -0.138. The summed E-state index contributed by atoms with van der Waals surface area (Å²) in [6, 6.07) is 0. The van der Waals surface area contributed by atoms with Gasteiger partial charge >= 0.3 is 0 Å². The van der Waals surface area contributed by atoms with Crippen LogP contribution in [-0.2, 0) is 0 Å². The monoisotopic (exact) mass is 201 g/mol. The smallest absolute Gasteiger partial charge is 0.0664 e. The molecular formula is C12H27NO. The lowest BCUT2D eigenvalue weighted by Gasteiger charge is -2.10. The van der Waals surface area contributed by atoms with E-state index in [1.807, 2.05) is 0 Å². The molecule has 0 saturated heterocycles. The van der Waals surface area contributed by atoms with Crippen molar-refractivity contribution in [1.82, 2.24) is 5.32 Å². The van der Waals surface area contributed by atoms with E-state index in [-0.39, 0.29) is 6.10 Å². The van der Waals surface area contributed by atoms with E-state index in [2.05, 4.69) is 19.2 Å². The number of hydrogen-bond acceptors (Lipinski definition) is 2. The Morgan fingerprint density at radius 1 is 1.00 bits per heavy atom. The van der Waals surface area contributed by atoms with Gasteiger partial charge in [-0.15, -0.1) is 0 Å². The minimum Gasteiger partial charge on any atom is -0.392 e. The van der Waals surface area contributed by atoms with Crippen LogP contribution in [0.4, 0.5) is 0 Å². The summed E-state index contributed by atoms with van der Waals surface area (Å²) in [4.78, 5) is 0. The van der Waals surface area contributed by atoms with Gasteiger partial charge in [-0.05, 0) is 19.4 Å². The fourth-order valence-electron chi connectivity index (χ4n) is 1.49. The average molecular weight is 201 g/mol. The first-order chi connectivity index (χ1) is 6.81. The highest BCUT2D eigenvalue weighted by molar-refractivity contribution is 4.59. The van der Waals surface area contributed by atoms with Crippen LogP contribution in [0.1, 0.15) is 58.8 Å². The number of aliphatic hydroxyl groups excluding tert-OH is 1. The Morgan fingerprint density at radius 3 is 2.36 bits per heavy atom. The van der Waals surface area contributed by atoms with Gasteiger partial charge in [0.2, 0.25) is 0 Å². The van der Waals surface area contributed by atoms with Crippen LogP contribution in [0.5, 0.6) is 0 Å². The van der Waals surface area contributed by atoms with Gasteiger partial charge in [0, 0.05) is 6.54 Å². The molecule has 0 aliphatic heterocycles. The molecule has 0 heterocycles. The Labute approximate surface area is 89.1 Å². The van der Waals surface area contributed by atoms with Crippen LogP contribution in [0.25, 0.3) is 0 Å². The van der Waals surface area contributed by atoms with E-state index in [4.69, 9.17) is 0 Å². The predicted octanol–water partition coefficient (Wildman–Crippen LogP) is 2.71. The Bertz CT molecular complexity index is 106. The maximum absolute atomic E-state index is 9.52. The largest absolute Gasteiger partial charge is 0.392 e. The molecule has 0 aromatic carbocycles. The predicted molar refractivity (Wildman–Crippen MR) is 62.5 cm³/mol. The van der Waals surface area contributed by atoms with E-state index >= 15 is 0 Å². The van der Waals surface area contributed by atoms with Gasteiger partial charge in [-0.25, -0.2) is 0 Å². The fraction of sp³-hybridized carbons (Fsp3) is 1.00. The maximum atomic E-state index is 9.52. The molecular weight excluding hydrogens is 174 g/mol. The lowest BCUT2D eigenvalue weighted by molar-refractivity contribution is 0.158. The third kappa shape index (κ3) is 10.0. The second-order valence-electron chi connectivity index (χ2n) is 4.06. The molecule has 0 bridgehead atoms. The van der Waals surface area contributed by atoms with Crippen molar-refractivity contribution in [2.24, 2.45) is 0 Å². The van der Waals surface area contributed by atoms with E-state index in [0.29, 0.717) is 0 Å². The van der Waals surface area contributed by atoms with Gasteiger partial charge in [-0.2, -0.15) is 0 Å². The number of unbranched alkanes of at least 4 members (excludes halogenated alkanes) is 4. The SMILES string of the molecule is CCCCCCNCC(O)CCCC. The normalized spacial score (nSPS) is 13.1. The van der Waals surface area contributed by atoms with Crippen LogP contribution in [-0.4, -0.2) is 24.3 Å². The fourth-order valence-corrected chi connectivity index (χ4v) is 1.49. The van der Waals surface area contributed by atoms with E-state index < -0.39 is 0 Å². The molecule has 2 heteroatoms. The highest BCUT2D eigenvalue weighted by Gasteiger charge is 2.01. The molecule has 86 valence electrons. The molecule has 14 heavy (non-hydrogen) atoms. The molecule has 0 spiro atoms. The van der Waals surface area contributed by atoms with Crippen LogP contribution in [0.3, 0.4) is 0 Å². The van der Waals surface area contributed by atoms with Gasteiger partial charge in [-0.3, -0.25) is 0 Å². The maximum Gasteiger partial charge on any atom is 0.0664 e. The zero-order chi connectivity index (χ0) is 10.6. The summed E-state index contributed by atoms with van der Waals surface area (Å²) in [5.74, 6) is 0. The molecule has 2 N–H and O–H groups in total. The standard InChI is InChI=1S/C12H27NO/c1-3-5-7-8-10-13-11-12(14)9-6-4-2/h12-14H,3-11H2,1-2H3. The molecule has 1 unspecified atom stereocenters. The molecule has 0 fully saturated rings. The highest BCUT2D eigenvalue weighted by Crippen LogP contribution is 2.00. The van der Waals surface area contributed by atoms with Gasteiger partial charge in [0.05, 0.1) is 6.10 Å². The molecule has 0 radical (unpaired) electrons. The van der Waals surface area contributed by atoms with Gasteiger partial charge < -0.3 is 10.4 Å². The zero-order valence-corrected chi connectivity index (χ0v) is 9.89. The Balaban J connectivity index is 3.02. The lowest BCUT2D eigenvalue weighted by Crippen LogP contribution is -2.27. The van der Waals surface area contributed by atoms with Gasteiger partial charge in [0.1, 0.15) is 0 Å². The first kappa shape index (κ1) is 13.9. The molecule has 0 aliphatic rings. The summed E-state index contributed by atoms with van der Waals surface area (Å²) in [6.45, 7) is 6.21. The van der Waals surface area contributed by atoms with E-state index in [9.17, 15) is 5.11 Å². The Morgan fingerprint density at radius 2 is 1.71 bits per heavy atom. The van der Waals surface area contributed by atoms with Crippen LogP contribution in [0.2, 0.25) is 0 Å². The van der Waals surface area contributed by atoms with Crippen LogP contribution < -0.4 is 5.32 Å². The topological polar surface area (TPSA) is 32.3 Å². The van der Waals surface area contributed by atoms with Gasteiger partial charge in [0.25, 0.3) is 0 Å². The summed E-state index contributed by atoms with van der Waals surface area (Å²) in [5, 5.41) is 12.8. The Kier molecular flexibility index (Phi) is 10.9. The van der Waals surface area contributed by atoms with Gasteiger partial charge in [-0.1, -0.05) is 46.0 Å². The first-order valence-corrected chi connectivity index (χ1v) is 6.20. The van der Waals surface area contributed by atoms with Crippen molar-refractivity contribution in [3.63, 3.8) is 0 Å². The van der Waals surface area contributed by atoms with E-state index in [0.717, 1.165) is 25.9 Å². The van der Waals surface area contributed by atoms with Crippen molar-refractivity contribution in [2.45, 2.75) is 64.9 Å². The van der Waals surface area contributed by atoms with Crippen molar-refractivity contribution < 1.29 is 5.11 Å². The second kappa shape index (κ2) is 11.0. The molecule has 0 amide bonds. The molecule has 0 aliphatic carbocycles. The van der Waals surface area contributed by atoms with Crippen LogP contribution in [0, 0.1) is 0 Å². The highest BCUT2D eigenvalue weighted by atomic mass is 16.3. The van der Waals surface area contributed by atoms with Crippen molar-refractivity contribution >= 4 is 0 Å². The average Bonchev–Trinajstić information content (AvgIpc) is 2.20. The van der Waals surface area contributed by atoms with E-state index in [1.165, 1.54) is 32.1 Å². The van der Waals surface area contributed by atoms with Crippen molar-refractivity contribution in [1.29, 1.82) is 0 Å². The minimum absolute atomic E-state index is 0.138. The number of nitrogens with one attached hydrogen (secondary N) is 1. The zero-order valence-electron chi connectivity index (χ0n) is 9.89. The summed E-state index contributed by atoms with van der Waals surface area (Å²) in [6.07, 6.45) is 8.30. The number of aliphatic hydroxyl groups is 1. The van der Waals surface area contributed by atoms with E-state index in [1.54, 1.807) is 0 Å². The van der Waals surface area contributed by atoms with Crippen molar-refractivity contribution in [2.75, 3.05) is 13.1 Å². The third-order valence-corrected chi connectivity index (χ3v) is 2.48. The number of rotatable bonds is 10. The molecule has 2 nitrogen and oxygen atoms in total. The van der Waals surface area contributed by atoms with Crippen LogP contribution >= 0.6 is 0 Å². The molecule has 0 aromatic rings. The third-order valence-electron chi connectivity index (χ3n) is 2.48. The first-order valence-electron chi connectivity index (χ1n) is 6.20. The van der Waals surface area contributed by atoms with Crippen molar-refractivity contribution in [3.05, 3.63) is 0 Å². The summed E-state index contributed by atoms with van der Waals surface area (Å²) in [5.41, 5.74) is 0. The second-order valence-corrected chi connectivity index (χ2v) is 4.06. The van der Waals surface area contributed by atoms with Crippen LogP contribution in [0.15, 0.2) is 0 Å². The summed E-state index contributed by atoms with van der Waals surface area (Å²) < 4.78 is 0. The molecule has 0 aromatic heterocycles. The lowest BCUT2D eigenvalue weighted by atomic mass is 10.1. The molecule has 1 atom stereocenters. The number of hydrogen-bond donors (Lipinski definition) is 2. The summed E-state index contributed by atoms with van der Waals surface area (Å²) >= 11 is 0.